The first kappa shape index (κ1) is 12.5. The topological polar surface area (TPSA) is 12.0 Å². The lowest BCUT2D eigenvalue weighted by Crippen LogP contribution is -2.19. The highest BCUT2D eigenvalue weighted by molar-refractivity contribution is 6.30. The minimum Gasteiger partial charge on any atom is -0.310 e. The Morgan fingerprint density at radius 2 is 1.87 bits per heavy atom. The Morgan fingerprint density at radius 3 is 2.47 bits per heavy atom. The Kier molecular flexibility index (Phi) is 5.74. The highest BCUT2D eigenvalue weighted by atomic mass is 35.5. The van der Waals surface area contributed by atoms with Crippen molar-refractivity contribution in [1.82, 2.24) is 5.32 Å². The van der Waals surface area contributed by atoms with Gasteiger partial charge in [-0.15, -0.1) is 0 Å². The zero-order valence-corrected chi connectivity index (χ0v) is 10.3. The maximum atomic E-state index is 5.84. The molecule has 0 spiro atoms. The first-order chi connectivity index (χ1) is 7.24. The van der Waals surface area contributed by atoms with E-state index in [9.17, 15) is 0 Å². The van der Waals surface area contributed by atoms with Gasteiger partial charge < -0.3 is 5.32 Å². The van der Waals surface area contributed by atoms with Crippen molar-refractivity contribution in [2.45, 2.75) is 39.2 Å². The molecule has 0 radical (unpaired) electrons. The van der Waals surface area contributed by atoms with Crippen molar-refractivity contribution in [2.24, 2.45) is 0 Å². The molecule has 2 heteroatoms. The molecule has 0 fully saturated rings. The molecule has 1 aromatic rings. The number of hydrogen-bond donors (Lipinski definition) is 1. The lowest BCUT2D eigenvalue weighted by molar-refractivity contribution is 0.544. The van der Waals surface area contributed by atoms with Gasteiger partial charge in [0.15, 0.2) is 0 Å². The van der Waals surface area contributed by atoms with E-state index in [1.807, 2.05) is 12.1 Å². The van der Waals surface area contributed by atoms with E-state index in [0.29, 0.717) is 6.04 Å². The van der Waals surface area contributed by atoms with Gasteiger partial charge in [-0.3, -0.25) is 0 Å². The zero-order chi connectivity index (χ0) is 11.1. The lowest BCUT2D eigenvalue weighted by atomic mass is 10.1. The van der Waals surface area contributed by atoms with Crippen LogP contribution in [0.4, 0.5) is 0 Å². The van der Waals surface area contributed by atoms with Gasteiger partial charge in [-0.25, -0.2) is 0 Å². The summed E-state index contributed by atoms with van der Waals surface area (Å²) in [6.07, 6.45) is 3.84. The molecule has 1 nitrogen and oxygen atoms in total. The van der Waals surface area contributed by atoms with Crippen LogP contribution < -0.4 is 5.32 Å². The molecule has 84 valence electrons. The number of halogens is 1. The summed E-state index contributed by atoms with van der Waals surface area (Å²) in [7, 11) is 0. The maximum absolute atomic E-state index is 5.84. The van der Waals surface area contributed by atoms with Gasteiger partial charge in [0.1, 0.15) is 0 Å². The van der Waals surface area contributed by atoms with Crippen LogP contribution >= 0.6 is 11.6 Å². The standard InChI is InChI=1S/C13H20ClN/c1-3-4-5-10-15-11(2)12-6-8-13(14)9-7-12/h6-9,11,15H,3-5,10H2,1-2H3/t11-/m0/s1. The number of benzene rings is 1. The Balaban J connectivity index is 2.33. The van der Waals surface area contributed by atoms with Crippen LogP contribution in [0.3, 0.4) is 0 Å². The third kappa shape index (κ3) is 4.67. The predicted molar refractivity (Wildman–Crippen MR) is 67.4 cm³/mol. The largest absolute Gasteiger partial charge is 0.310 e. The molecule has 1 N–H and O–H groups in total. The van der Waals surface area contributed by atoms with Crippen molar-refractivity contribution in [3.63, 3.8) is 0 Å². The SMILES string of the molecule is CCCCCN[C@@H](C)c1ccc(Cl)cc1. The molecular formula is C13H20ClN. The van der Waals surface area contributed by atoms with Gasteiger partial charge in [-0.05, 0) is 37.6 Å². The van der Waals surface area contributed by atoms with Gasteiger partial charge in [0, 0.05) is 11.1 Å². The number of unbranched alkanes of at least 4 members (excludes halogenated alkanes) is 2. The Hall–Kier alpha value is -0.530. The molecule has 1 rings (SSSR count). The summed E-state index contributed by atoms with van der Waals surface area (Å²) in [6.45, 7) is 5.51. The summed E-state index contributed by atoms with van der Waals surface area (Å²) in [6, 6.07) is 8.47. The Morgan fingerprint density at radius 1 is 1.20 bits per heavy atom. The van der Waals surface area contributed by atoms with Gasteiger partial charge in [-0.1, -0.05) is 43.5 Å². The molecular weight excluding hydrogens is 206 g/mol. The van der Waals surface area contributed by atoms with E-state index < -0.39 is 0 Å². The van der Waals surface area contributed by atoms with Crippen LogP contribution in [0.5, 0.6) is 0 Å². The molecule has 0 aliphatic rings. The van der Waals surface area contributed by atoms with Gasteiger partial charge >= 0.3 is 0 Å². The summed E-state index contributed by atoms with van der Waals surface area (Å²) in [5.74, 6) is 0. The van der Waals surface area contributed by atoms with Crippen LogP contribution in [-0.4, -0.2) is 6.54 Å². The van der Waals surface area contributed by atoms with Crippen LogP contribution in [0.2, 0.25) is 5.02 Å². The van der Waals surface area contributed by atoms with Gasteiger partial charge in [0.2, 0.25) is 0 Å². The first-order valence-corrected chi connectivity index (χ1v) is 6.10. The van der Waals surface area contributed by atoms with E-state index in [0.717, 1.165) is 11.6 Å². The quantitative estimate of drug-likeness (QED) is 0.717. The third-order valence-electron chi connectivity index (χ3n) is 2.60. The van der Waals surface area contributed by atoms with E-state index in [2.05, 4.69) is 31.3 Å². The normalized spacial score (nSPS) is 12.7. The smallest absolute Gasteiger partial charge is 0.0406 e. The summed E-state index contributed by atoms with van der Waals surface area (Å²) in [5, 5.41) is 4.31. The molecule has 0 aromatic heterocycles. The average molecular weight is 226 g/mol. The van der Waals surface area contributed by atoms with Crippen molar-refractivity contribution in [3.8, 4) is 0 Å². The van der Waals surface area contributed by atoms with E-state index in [1.54, 1.807) is 0 Å². The molecule has 0 aliphatic carbocycles. The summed E-state index contributed by atoms with van der Waals surface area (Å²) >= 11 is 5.84. The summed E-state index contributed by atoms with van der Waals surface area (Å²) in [5.41, 5.74) is 1.30. The van der Waals surface area contributed by atoms with Gasteiger partial charge in [-0.2, -0.15) is 0 Å². The fraction of sp³-hybridized carbons (Fsp3) is 0.538. The lowest BCUT2D eigenvalue weighted by Gasteiger charge is -2.14. The van der Waals surface area contributed by atoms with Crippen molar-refractivity contribution in [3.05, 3.63) is 34.9 Å². The second-order valence-electron chi connectivity index (χ2n) is 3.93. The van der Waals surface area contributed by atoms with Gasteiger partial charge in [0.05, 0.1) is 0 Å². The summed E-state index contributed by atoms with van der Waals surface area (Å²) < 4.78 is 0. The molecule has 0 saturated carbocycles. The molecule has 0 heterocycles. The fourth-order valence-corrected chi connectivity index (χ4v) is 1.69. The van der Waals surface area contributed by atoms with Crippen molar-refractivity contribution in [2.75, 3.05) is 6.54 Å². The van der Waals surface area contributed by atoms with Crippen molar-refractivity contribution >= 4 is 11.6 Å². The van der Waals surface area contributed by atoms with Crippen LogP contribution in [0, 0.1) is 0 Å². The summed E-state index contributed by atoms with van der Waals surface area (Å²) in [4.78, 5) is 0. The third-order valence-corrected chi connectivity index (χ3v) is 2.85. The van der Waals surface area contributed by atoms with Crippen LogP contribution in [-0.2, 0) is 0 Å². The van der Waals surface area contributed by atoms with Crippen molar-refractivity contribution in [1.29, 1.82) is 0 Å². The van der Waals surface area contributed by atoms with Crippen LogP contribution in [0.1, 0.15) is 44.7 Å². The molecule has 0 bridgehead atoms. The molecule has 0 unspecified atom stereocenters. The minimum absolute atomic E-state index is 0.416. The molecule has 1 aromatic carbocycles. The fourth-order valence-electron chi connectivity index (χ4n) is 1.56. The Bertz CT molecular complexity index is 268. The van der Waals surface area contributed by atoms with E-state index in [4.69, 9.17) is 11.6 Å². The van der Waals surface area contributed by atoms with Gasteiger partial charge in [0.25, 0.3) is 0 Å². The maximum Gasteiger partial charge on any atom is 0.0406 e. The van der Waals surface area contributed by atoms with E-state index in [1.165, 1.54) is 24.8 Å². The zero-order valence-electron chi connectivity index (χ0n) is 9.59. The average Bonchev–Trinajstić information content (AvgIpc) is 2.25. The molecule has 0 aliphatic heterocycles. The first-order valence-electron chi connectivity index (χ1n) is 5.73. The predicted octanol–water partition coefficient (Wildman–Crippen LogP) is 4.18. The van der Waals surface area contributed by atoms with Crippen LogP contribution in [0.15, 0.2) is 24.3 Å². The minimum atomic E-state index is 0.416. The molecule has 0 saturated heterocycles. The highest BCUT2D eigenvalue weighted by Crippen LogP contribution is 2.15. The monoisotopic (exact) mass is 225 g/mol. The van der Waals surface area contributed by atoms with Crippen molar-refractivity contribution < 1.29 is 0 Å². The highest BCUT2D eigenvalue weighted by Gasteiger charge is 2.03. The Labute approximate surface area is 97.8 Å². The second kappa shape index (κ2) is 6.86. The second-order valence-corrected chi connectivity index (χ2v) is 4.37. The number of rotatable bonds is 6. The number of nitrogens with one attached hydrogen (secondary N) is 1. The van der Waals surface area contributed by atoms with Crippen LogP contribution in [0.25, 0.3) is 0 Å². The van der Waals surface area contributed by atoms with E-state index >= 15 is 0 Å². The number of hydrogen-bond acceptors (Lipinski definition) is 1. The van der Waals surface area contributed by atoms with E-state index in [-0.39, 0.29) is 0 Å². The molecule has 1 atom stereocenters. The molecule has 15 heavy (non-hydrogen) atoms. The molecule has 0 amide bonds.